The number of pyridine rings is 1. The largest absolute Gasteiger partial charge is 0.466 e. The lowest BCUT2D eigenvalue weighted by molar-refractivity contribution is -0.123. The smallest absolute Gasteiger partial charge is 0.305 e. The zero-order chi connectivity index (χ0) is 22.5. The highest BCUT2D eigenvalue weighted by atomic mass is 16.5. The molecule has 31 heavy (non-hydrogen) atoms. The van der Waals surface area contributed by atoms with Gasteiger partial charge in [-0.15, -0.1) is 5.10 Å². The first-order chi connectivity index (χ1) is 14.8. The van der Waals surface area contributed by atoms with Gasteiger partial charge in [0.15, 0.2) is 18.0 Å². The first-order valence-corrected chi connectivity index (χ1v) is 10.2. The van der Waals surface area contributed by atoms with Crippen molar-refractivity contribution < 1.29 is 18.7 Å². The Bertz CT molecular complexity index is 1080. The first-order valence-electron chi connectivity index (χ1n) is 10.2. The Morgan fingerprint density at radius 1 is 1.19 bits per heavy atom. The summed E-state index contributed by atoms with van der Waals surface area (Å²) in [5.41, 5.74) is 7.15. The molecule has 0 atom stereocenters. The summed E-state index contributed by atoms with van der Waals surface area (Å²) in [7, 11) is 1.76. The molecule has 0 saturated heterocycles. The minimum absolute atomic E-state index is 0.121. The molecule has 0 saturated carbocycles. The minimum atomic E-state index is -0.544. The van der Waals surface area contributed by atoms with Gasteiger partial charge in [0.1, 0.15) is 5.76 Å². The topological polar surface area (TPSA) is 115 Å². The van der Waals surface area contributed by atoms with Crippen LogP contribution in [0, 0.1) is 13.8 Å². The van der Waals surface area contributed by atoms with Crippen molar-refractivity contribution in [3.8, 4) is 5.88 Å². The molecular weight excluding hydrogens is 400 g/mol. The molecule has 0 fully saturated rings. The number of amides is 2. The van der Waals surface area contributed by atoms with E-state index in [1.54, 1.807) is 23.9 Å². The van der Waals surface area contributed by atoms with Crippen molar-refractivity contribution in [2.45, 2.75) is 34.2 Å². The minimum Gasteiger partial charge on any atom is -0.466 e. The number of rotatable bonds is 8. The van der Waals surface area contributed by atoms with Crippen LogP contribution in [-0.2, 0) is 18.4 Å². The maximum Gasteiger partial charge on any atom is 0.305 e. The van der Waals surface area contributed by atoms with Crippen molar-refractivity contribution in [1.82, 2.24) is 30.5 Å². The van der Waals surface area contributed by atoms with E-state index in [2.05, 4.69) is 39.7 Å². The summed E-state index contributed by atoms with van der Waals surface area (Å²) >= 11 is 0. The number of hydrogen-bond acceptors (Lipinski definition) is 7. The molecule has 0 bridgehead atoms. The zero-order valence-corrected chi connectivity index (χ0v) is 18.5. The molecule has 0 aliphatic carbocycles. The number of ether oxygens (including phenoxy) is 1. The third-order valence-electron chi connectivity index (χ3n) is 4.90. The number of aryl methyl sites for hydroxylation is 3. The molecule has 3 rings (SSSR count). The predicted octanol–water partition coefficient (Wildman–Crippen LogP) is 1.86. The van der Waals surface area contributed by atoms with Crippen LogP contribution in [0.3, 0.4) is 0 Å². The number of hydrogen-bond donors (Lipinski definition) is 2. The van der Waals surface area contributed by atoms with E-state index >= 15 is 0 Å². The van der Waals surface area contributed by atoms with Gasteiger partial charge >= 0.3 is 5.91 Å². The van der Waals surface area contributed by atoms with E-state index in [0.29, 0.717) is 23.8 Å². The summed E-state index contributed by atoms with van der Waals surface area (Å²) in [5.74, 6) is 0.0507. The zero-order valence-electron chi connectivity index (χ0n) is 18.5. The molecule has 10 nitrogen and oxygen atoms in total. The average molecular weight is 428 g/mol. The standard InChI is InChI=1S/C21H28N6O4/c1-6-27(7-2)11-15-8-9-16(31-15)20(29)24-23-17(28)12-30-21-18-13(3)10-14(4)22-19(18)26(5)25-21/h8-10H,6-7,11-12H2,1-5H3,(H,23,28)(H,24,29). The van der Waals surface area contributed by atoms with Crippen LogP contribution in [-0.4, -0.2) is 51.2 Å². The molecule has 0 aliphatic rings. The Labute approximate surface area is 180 Å². The Morgan fingerprint density at radius 2 is 1.94 bits per heavy atom. The molecule has 0 unspecified atom stereocenters. The number of aromatic nitrogens is 3. The summed E-state index contributed by atoms with van der Waals surface area (Å²) in [5, 5.41) is 5.04. The lowest BCUT2D eigenvalue weighted by Gasteiger charge is -2.15. The van der Waals surface area contributed by atoms with Crippen LogP contribution in [0.5, 0.6) is 5.88 Å². The van der Waals surface area contributed by atoms with Crippen LogP contribution < -0.4 is 15.6 Å². The second kappa shape index (κ2) is 9.61. The quantitative estimate of drug-likeness (QED) is 0.526. The number of nitrogens with zero attached hydrogens (tertiary/aromatic N) is 4. The van der Waals surface area contributed by atoms with E-state index in [1.807, 2.05) is 19.9 Å². The number of nitrogens with one attached hydrogen (secondary N) is 2. The summed E-state index contributed by atoms with van der Waals surface area (Å²) in [6.45, 7) is 10.0. The maximum absolute atomic E-state index is 12.2. The molecule has 0 aliphatic heterocycles. The third kappa shape index (κ3) is 5.21. The Morgan fingerprint density at radius 3 is 2.65 bits per heavy atom. The van der Waals surface area contributed by atoms with Gasteiger partial charge in [-0.3, -0.25) is 25.3 Å². The molecule has 0 aromatic carbocycles. The lowest BCUT2D eigenvalue weighted by atomic mass is 10.2. The molecule has 2 amide bonds. The number of carbonyl (C=O) groups is 2. The highest BCUT2D eigenvalue weighted by molar-refractivity contribution is 5.93. The van der Waals surface area contributed by atoms with E-state index in [-0.39, 0.29) is 12.4 Å². The van der Waals surface area contributed by atoms with Gasteiger partial charge in [0.05, 0.1) is 11.9 Å². The molecule has 3 heterocycles. The van der Waals surface area contributed by atoms with Crippen molar-refractivity contribution >= 4 is 22.8 Å². The highest BCUT2D eigenvalue weighted by Crippen LogP contribution is 2.26. The SMILES string of the molecule is CCN(CC)Cc1ccc(C(=O)NNC(=O)COc2nn(C)c3nc(C)cc(C)c23)o1. The van der Waals surface area contributed by atoms with E-state index in [1.165, 1.54) is 0 Å². The average Bonchev–Trinajstić information content (AvgIpc) is 3.33. The van der Waals surface area contributed by atoms with Crippen molar-refractivity contribution in [3.05, 3.63) is 41.0 Å². The maximum atomic E-state index is 12.2. The highest BCUT2D eigenvalue weighted by Gasteiger charge is 2.17. The van der Waals surface area contributed by atoms with Crippen molar-refractivity contribution in [2.24, 2.45) is 7.05 Å². The van der Waals surface area contributed by atoms with Crippen molar-refractivity contribution in [2.75, 3.05) is 19.7 Å². The van der Waals surface area contributed by atoms with Crippen molar-refractivity contribution in [1.29, 1.82) is 0 Å². The molecule has 2 N–H and O–H groups in total. The van der Waals surface area contributed by atoms with E-state index in [4.69, 9.17) is 9.15 Å². The summed E-state index contributed by atoms with van der Waals surface area (Å²) in [6, 6.07) is 5.26. The molecular formula is C21H28N6O4. The van der Waals surface area contributed by atoms with Gasteiger partial charge in [0.2, 0.25) is 5.88 Å². The number of carbonyl (C=O) groups excluding carboxylic acids is 2. The van der Waals surface area contributed by atoms with Crippen LogP contribution in [0.2, 0.25) is 0 Å². The van der Waals surface area contributed by atoms with Gasteiger partial charge in [0.25, 0.3) is 5.91 Å². The van der Waals surface area contributed by atoms with Crippen LogP contribution in [0.15, 0.2) is 22.6 Å². The molecule has 0 radical (unpaired) electrons. The predicted molar refractivity (Wildman–Crippen MR) is 114 cm³/mol. The molecule has 3 aromatic heterocycles. The molecule has 10 heteroatoms. The monoisotopic (exact) mass is 428 g/mol. The van der Waals surface area contributed by atoms with E-state index in [9.17, 15) is 9.59 Å². The van der Waals surface area contributed by atoms with Gasteiger partial charge in [-0.2, -0.15) is 0 Å². The van der Waals surface area contributed by atoms with Crippen LogP contribution in [0.4, 0.5) is 0 Å². The van der Waals surface area contributed by atoms with Gasteiger partial charge in [-0.05, 0) is 50.7 Å². The number of hydrazine groups is 1. The second-order valence-electron chi connectivity index (χ2n) is 7.23. The third-order valence-corrected chi connectivity index (χ3v) is 4.90. The number of furan rings is 1. The van der Waals surface area contributed by atoms with Gasteiger partial charge in [-0.1, -0.05) is 13.8 Å². The molecule has 166 valence electrons. The van der Waals surface area contributed by atoms with Crippen LogP contribution in [0.25, 0.3) is 11.0 Å². The fraction of sp³-hybridized carbons (Fsp3) is 0.429. The fourth-order valence-electron chi connectivity index (χ4n) is 3.26. The van der Waals surface area contributed by atoms with E-state index in [0.717, 1.165) is 29.7 Å². The fourth-order valence-corrected chi connectivity index (χ4v) is 3.26. The van der Waals surface area contributed by atoms with Gasteiger partial charge in [0, 0.05) is 12.7 Å². The summed E-state index contributed by atoms with van der Waals surface area (Å²) in [4.78, 5) is 31.0. The Kier molecular flexibility index (Phi) is 6.91. The Balaban J connectivity index is 1.54. The lowest BCUT2D eigenvalue weighted by Crippen LogP contribution is -2.43. The van der Waals surface area contributed by atoms with Gasteiger partial charge in [-0.25, -0.2) is 9.67 Å². The Hall–Kier alpha value is -3.40. The molecule has 0 spiro atoms. The first kappa shape index (κ1) is 22.3. The summed E-state index contributed by atoms with van der Waals surface area (Å²) in [6.07, 6.45) is 0. The van der Waals surface area contributed by atoms with Crippen LogP contribution in [0.1, 0.15) is 41.4 Å². The summed E-state index contributed by atoms with van der Waals surface area (Å²) < 4.78 is 12.7. The molecule has 3 aromatic rings. The second-order valence-corrected chi connectivity index (χ2v) is 7.23. The van der Waals surface area contributed by atoms with Crippen molar-refractivity contribution in [3.63, 3.8) is 0 Å². The van der Waals surface area contributed by atoms with Gasteiger partial charge < -0.3 is 9.15 Å². The van der Waals surface area contributed by atoms with E-state index < -0.39 is 11.8 Å². The van der Waals surface area contributed by atoms with Crippen LogP contribution >= 0.6 is 0 Å². The normalized spacial score (nSPS) is 11.2. The number of fused-ring (bicyclic) bond motifs is 1.